The van der Waals surface area contributed by atoms with Crippen LogP contribution in [0.1, 0.15) is 19.8 Å². The molecule has 0 aromatic rings. The van der Waals surface area contributed by atoms with Crippen molar-refractivity contribution in [2.24, 2.45) is 0 Å². The van der Waals surface area contributed by atoms with Gasteiger partial charge in [-0.15, -0.1) is 0 Å². The van der Waals surface area contributed by atoms with E-state index in [1.807, 2.05) is 6.92 Å². The molecule has 0 fully saturated rings. The smallest absolute Gasteiger partial charge is 0.0636 e. The molecule has 1 atom stereocenters. The largest absolute Gasteiger partial charge is 0.198 e. The Bertz CT molecular complexity index is 115. The third-order valence-corrected chi connectivity index (χ3v) is 2.14. The number of rotatable bonds is 3. The molecule has 9 heavy (non-hydrogen) atoms. The van der Waals surface area contributed by atoms with Crippen molar-refractivity contribution in [1.29, 1.82) is 5.26 Å². The molecule has 0 saturated carbocycles. The maximum absolute atomic E-state index is 8.33. The summed E-state index contributed by atoms with van der Waals surface area (Å²) < 4.78 is 0.00521. The molecular formula is C6H9Br2N. The number of alkyl halides is 2. The van der Waals surface area contributed by atoms with Crippen LogP contribution in [0.2, 0.25) is 0 Å². The zero-order valence-corrected chi connectivity index (χ0v) is 8.50. The first-order valence-electron chi connectivity index (χ1n) is 2.74. The molecule has 0 N–H and O–H groups in total. The second-order valence-electron chi connectivity index (χ2n) is 2.19. The van der Waals surface area contributed by atoms with Crippen molar-refractivity contribution >= 4 is 31.9 Å². The van der Waals surface area contributed by atoms with E-state index in [4.69, 9.17) is 5.26 Å². The molecule has 0 saturated heterocycles. The van der Waals surface area contributed by atoms with Crippen LogP contribution in [-0.4, -0.2) is 9.65 Å². The summed E-state index contributed by atoms with van der Waals surface area (Å²) in [6.07, 6.45) is 1.55. The number of halogens is 2. The van der Waals surface area contributed by atoms with E-state index in [0.29, 0.717) is 6.42 Å². The molecule has 0 spiro atoms. The fourth-order valence-electron chi connectivity index (χ4n) is 0.450. The van der Waals surface area contributed by atoms with Gasteiger partial charge >= 0.3 is 0 Å². The normalized spacial score (nSPS) is 16.2. The molecule has 0 aliphatic carbocycles. The van der Waals surface area contributed by atoms with Gasteiger partial charge in [-0.05, 0) is 13.3 Å². The molecule has 0 aliphatic heterocycles. The topological polar surface area (TPSA) is 23.8 Å². The van der Waals surface area contributed by atoms with Gasteiger partial charge in [-0.3, -0.25) is 0 Å². The Labute approximate surface area is 72.7 Å². The van der Waals surface area contributed by atoms with Crippen molar-refractivity contribution in [2.75, 3.05) is 5.33 Å². The minimum atomic E-state index is 0.00521. The molecule has 0 bridgehead atoms. The molecule has 0 radical (unpaired) electrons. The second-order valence-corrected chi connectivity index (χ2v) is 4.89. The Morgan fingerprint density at radius 1 is 1.67 bits per heavy atom. The fourth-order valence-corrected chi connectivity index (χ4v) is 2.18. The molecule has 0 rings (SSSR count). The van der Waals surface area contributed by atoms with Gasteiger partial charge in [0.25, 0.3) is 0 Å². The summed E-state index contributed by atoms with van der Waals surface area (Å²) in [5, 5.41) is 9.27. The van der Waals surface area contributed by atoms with Crippen LogP contribution in [0.15, 0.2) is 0 Å². The van der Waals surface area contributed by atoms with Gasteiger partial charge in [0.2, 0.25) is 0 Å². The van der Waals surface area contributed by atoms with Crippen LogP contribution in [0.25, 0.3) is 0 Å². The highest BCUT2D eigenvalue weighted by Gasteiger charge is 2.17. The lowest BCUT2D eigenvalue weighted by atomic mass is 10.1. The quantitative estimate of drug-likeness (QED) is 0.711. The van der Waals surface area contributed by atoms with Gasteiger partial charge in [0, 0.05) is 9.65 Å². The lowest BCUT2D eigenvalue weighted by molar-refractivity contribution is 0.658. The Kier molecular flexibility index (Phi) is 4.51. The summed E-state index contributed by atoms with van der Waals surface area (Å²) >= 11 is 6.77. The Morgan fingerprint density at radius 3 is 2.56 bits per heavy atom. The zero-order valence-electron chi connectivity index (χ0n) is 5.32. The van der Waals surface area contributed by atoms with E-state index in [9.17, 15) is 0 Å². The first-order valence-corrected chi connectivity index (χ1v) is 4.65. The molecule has 0 amide bonds. The number of nitrogens with zero attached hydrogens (tertiary/aromatic N) is 1. The molecule has 0 aromatic heterocycles. The standard InChI is InChI=1S/C6H9Br2N/c1-6(8,2-4-7)3-5-9/h2-4H2,1H3. The Morgan fingerprint density at radius 2 is 2.22 bits per heavy atom. The van der Waals surface area contributed by atoms with E-state index in [2.05, 4.69) is 37.9 Å². The SMILES string of the molecule is CC(Br)(CC#N)CCBr. The summed E-state index contributed by atoms with van der Waals surface area (Å²) in [7, 11) is 0. The Balaban J connectivity index is 3.59. The fraction of sp³-hybridized carbons (Fsp3) is 0.833. The van der Waals surface area contributed by atoms with Crippen LogP contribution in [0.4, 0.5) is 0 Å². The first-order chi connectivity index (χ1) is 4.12. The van der Waals surface area contributed by atoms with Gasteiger partial charge in [-0.2, -0.15) is 5.26 Å². The van der Waals surface area contributed by atoms with E-state index in [-0.39, 0.29) is 4.32 Å². The maximum atomic E-state index is 8.33. The van der Waals surface area contributed by atoms with E-state index < -0.39 is 0 Å². The van der Waals surface area contributed by atoms with Crippen LogP contribution in [-0.2, 0) is 0 Å². The molecule has 0 aliphatic rings. The second kappa shape index (κ2) is 4.29. The minimum Gasteiger partial charge on any atom is -0.198 e. The average molecular weight is 255 g/mol. The predicted octanol–water partition coefficient (Wildman–Crippen LogP) is 2.84. The zero-order chi connectivity index (χ0) is 7.33. The van der Waals surface area contributed by atoms with Crippen molar-refractivity contribution in [3.63, 3.8) is 0 Å². The van der Waals surface area contributed by atoms with E-state index in [1.54, 1.807) is 0 Å². The van der Waals surface area contributed by atoms with Gasteiger partial charge in [-0.25, -0.2) is 0 Å². The highest BCUT2D eigenvalue weighted by molar-refractivity contribution is 9.10. The maximum Gasteiger partial charge on any atom is 0.0636 e. The molecule has 0 aromatic carbocycles. The van der Waals surface area contributed by atoms with E-state index >= 15 is 0 Å². The summed E-state index contributed by atoms with van der Waals surface area (Å²) in [6.45, 7) is 2.03. The van der Waals surface area contributed by atoms with Crippen molar-refractivity contribution in [2.45, 2.75) is 24.1 Å². The average Bonchev–Trinajstić information content (AvgIpc) is 1.64. The minimum absolute atomic E-state index is 0.00521. The van der Waals surface area contributed by atoms with Crippen LogP contribution < -0.4 is 0 Å². The van der Waals surface area contributed by atoms with Crippen LogP contribution in [0.3, 0.4) is 0 Å². The summed E-state index contributed by atoms with van der Waals surface area (Å²) in [4.78, 5) is 0. The van der Waals surface area contributed by atoms with E-state index in [1.165, 1.54) is 0 Å². The number of nitriles is 1. The van der Waals surface area contributed by atoms with Gasteiger partial charge in [0.15, 0.2) is 0 Å². The van der Waals surface area contributed by atoms with Crippen molar-refractivity contribution in [3.8, 4) is 6.07 Å². The van der Waals surface area contributed by atoms with Crippen LogP contribution in [0, 0.1) is 11.3 Å². The van der Waals surface area contributed by atoms with Gasteiger partial charge in [0.1, 0.15) is 0 Å². The molecule has 1 nitrogen and oxygen atoms in total. The monoisotopic (exact) mass is 253 g/mol. The van der Waals surface area contributed by atoms with Crippen molar-refractivity contribution in [3.05, 3.63) is 0 Å². The molecular weight excluding hydrogens is 246 g/mol. The number of hydrogen-bond donors (Lipinski definition) is 0. The highest BCUT2D eigenvalue weighted by atomic mass is 79.9. The lowest BCUT2D eigenvalue weighted by Gasteiger charge is -2.15. The highest BCUT2D eigenvalue weighted by Crippen LogP contribution is 2.25. The Hall–Kier alpha value is 0.450. The third-order valence-electron chi connectivity index (χ3n) is 1.06. The number of hydrogen-bond acceptors (Lipinski definition) is 1. The lowest BCUT2D eigenvalue weighted by Crippen LogP contribution is -2.14. The molecule has 1 unspecified atom stereocenters. The van der Waals surface area contributed by atoms with Gasteiger partial charge in [-0.1, -0.05) is 31.9 Å². The first kappa shape index (κ1) is 9.45. The molecule has 52 valence electrons. The summed E-state index contributed by atoms with van der Waals surface area (Å²) in [5.74, 6) is 0. The van der Waals surface area contributed by atoms with E-state index in [0.717, 1.165) is 11.8 Å². The molecule has 3 heteroatoms. The summed E-state index contributed by atoms with van der Waals surface area (Å²) in [5.41, 5.74) is 0. The van der Waals surface area contributed by atoms with Gasteiger partial charge in [0.05, 0.1) is 12.5 Å². The van der Waals surface area contributed by atoms with Gasteiger partial charge < -0.3 is 0 Å². The van der Waals surface area contributed by atoms with Crippen LogP contribution >= 0.6 is 31.9 Å². The third kappa shape index (κ3) is 4.92. The predicted molar refractivity (Wildman–Crippen MR) is 46.0 cm³/mol. The van der Waals surface area contributed by atoms with Crippen LogP contribution in [0.5, 0.6) is 0 Å². The van der Waals surface area contributed by atoms with Crippen molar-refractivity contribution in [1.82, 2.24) is 0 Å². The summed E-state index contributed by atoms with van der Waals surface area (Å²) in [6, 6.07) is 2.13. The van der Waals surface area contributed by atoms with Crippen molar-refractivity contribution < 1.29 is 0 Å². The molecule has 0 heterocycles.